The Balaban J connectivity index is 1.54. The highest BCUT2D eigenvalue weighted by Crippen LogP contribution is 2.33. The van der Waals surface area contributed by atoms with Gasteiger partial charge >= 0.3 is 0 Å². The third-order valence-corrected chi connectivity index (χ3v) is 5.34. The van der Waals surface area contributed by atoms with E-state index in [1.165, 1.54) is 6.07 Å². The number of benzene rings is 1. The summed E-state index contributed by atoms with van der Waals surface area (Å²) in [5.41, 5.74) is 4.45. The number of fused-ring (bicyclic) bond motifs is 2. The number of nitrogens with zero attached hydrogens (tertiary/aromatic N) is 4. The third kappa shape index (κ3) is 2.99. The van der Waals surface area contributed by atoms with Crippen LogP contribution < -0.4 is 10.1 Å². The predicted molar refractivity (Wildman–Crippen MR) is 109 cm³/mol. The maximum absolute atomic E-state index is 14.5. The topological polar surface area (TPSA) is 64.9 Å². The molecule has 0 unspecified atom stereocenters. The van der Waals surface area contributed by atoms with Crippen LogP contribution >= 0.6 is 0 Å². The molecule has 1 aromatic carbocycles. The Labute approximate surface area is 167 Å². The van der Waals surface area contributed by atoms with E-state index in [0.717, 1.165) is 45.5 Å². The molecular weight excluding hydrogens is 369 g/mol. The molecule has 0 atom stereocenters. The number of anilines is 1. The molecule has 1 aliphatic rings. The van der Waals surface area contributed by atoms with Crippen molar-refractivity contribution in [1.29, 1.82) is 0 Å². The van der Waals surface area contributed by atoms with Crippen molar-refractivity contribution >= 4 is 16.6 Å². The average Bonchev–Trinajstić information content (AvgIpc) is 3.33. The van der Waals surface area contributed by atoms with Crippen LogP contribution in [-0.2, 0) is 20.0 Å². The van der Waals surface area contributed by atoms with Gasteiger partial charge in [-0.15, -0.1) is 0 Å². The van der Waals surface area contributed by atoms with Gasteiger partial charge in [0.15, 0.2) is 0 Å². The van der Waals surface area contributed by atoms with Crippen LogP contribution in [0.3, 0.4) is 0 Å². The van der Waals surface area contributed by atoms with Crippen LogP contribution in [-0.4, -0.2) is 26.4 Å². The van der Waals surface area contributed by atoms with E-state index in [9.17, 15) is 4.39 Å². The lowest BCUT2D eigenvalue weighted by Gasteiger charge is -2.14. The van der Waals surface area contributed by atoms with Crippen LogP contribution in [0.1, 0.15) is 16.8 Å². The number of hydrogen-bond donors (Lipinski definition) is 1. The van der Waals surface area contributed by atoms with Gasteiger partial charge in [-0.3, -0.25) is 9.67 Å². The van der Waals surface area contributed by atoms with Gasteiger partial charge < -0.3 is 10.1 Å². The van der Waals surface area contributed by atoms with Gasteiger partial charge in [0, 0.05) is 66.1 Å². The van der Waals surface area contributed by atoms with Crippen LogP contribution in [0, 0.1) is 12.7 Å². The predicted octanol–water partition coefficient (Wildman–Crippen LogP) is 4.02. The molecular formula is C22H20FN5O. The molecule has 4 heterocycles. The van der Waals surface area contributed by atoms with E-state index in [1.54, 1.807) is 12.3 Å². The van der Waals surface area contributed by atoms with Gasteiger partial charge in [-0.05, 0) is 31.2 Å². The Hall–Kier alpha value is -3.48. The van der Waals surface area contributed by atoms with Crippen molar-refractivity contribution in [2.24, 2.45) is 7.05 Å². The fourth-order valence-corrected chi connectivity index (χ4v) is 3.97. The van der Waals surface area contributed by atoms with E-state index in [2.05, 4.69) is 20.4 Å². The molecule has 0 bridgehead atoms. The molecule has 6 nitrogen and oxygen atoms in total. The summed E-state index contributed by atoms with van der Waals surface area (Å²) in [7, 11) is 1.91. The number of aryl methyl sites for hydroxylation is 2. The number of aromatic nitrogens is 4. The van der Waals surface area contributed by atoms with Crippen molar-refractivity contribution in [2.75, 3.05) is 11.9 Å². The summed E-state index contributed by atoms with van der Waals surface area (Å²) >= 11 is 0. The SMILES string of the molecule is Cc1cc(-c2cnc(NCc3c(F)ccc4c3CCO4)c3ccncc23)n(C)n1. The fourth-order valence-electron chi connectivity index (χ4n) is 3.97. The van der Waals surface area contributed by atoms with Crippen LogP contribution in [0.5, 0.6) is 5.75 Å². The molecule has 0 aliphatic carbocycles. The van der Waals surface area contributed by atoms with Gasteiger partial charge in [-0.1, -0.05) is 0 Å². The Bertz CT molecular complexity index is 1230. The maximum Gasteiger partial charge on any atom is 0.134 e. The van der Waals surface area contributed by atoms with Crippen molar-refractivity contribution in [3.05, 3.63) is 65.5 Å². The van der Waals surface area contributed by atoms with Crippen molar-refractivity contribution in [3.8, 4) is 17.0 Å². The molecule has 1 aliphatic heterocycles. The molecule has 0 saturated carbocycles. The van der Waals surface area contributed by atoms with Gasteiger partial charge in [-0.2, -0.15) is 5.10 Å². The van der Waals surface area contributed by atoms with Gasteiger partial charge in [0.05, 0.1) is 18.0 Å². The van der Waals surface area contributed by atoms with E-state index in [-0.39, 0.29) is 5.82 Å². The van der Waals surface area contributed by atoms with Gasteiger partial charge in [0.25, 0.3) is 0 Å². The minimum absolute atomic E-state index is 0.227. The Morgan fingerprint density at radius 2 is 2.10 bits per heavy atom. The zero-order valence-corrected chi connectivity index (χ0v) is 16.2. The highest BCUT2D eigenvalue weighted by Gasteiger charge is 2.20. The minimum atomic E-state index is -0.227. The Morgan fingerprint density at radius 3 is 2.93 bits per heavy atom. The molecule has 5 rings (SSSR count). The second-order valence-corrected chi connectivity index (χ2v) is 7.19. The van der Waals surface area contributed by atoms with E-state index < -0.39 is 0 Å². The first-order chi connectivity index (χ1) is 14.1. The van der Waals surface area contributed by atoms with Crippen molar-refractivity contribution < 1.29 is 9.13 Å². The van der Waals surface area contributed by atoms with Crippen molar-refractivity contribution in [1.82, 2.24) is 19.7 Å². The average molecular weight is 389 g/mol. The largest absolute Gasteiger partial charge is 0.493 e. The summed E-state index contributed by atoms with van der Waals surface area (Å²) in [6.45, 7) is 2.90. The van der Waals surface area contributed by atoms with Crippen LogP contribution in [0.4, 0.5) is 10.2 Å². The van der Waals surface area contributed by atoms with Crippen LogP contribution in [0.15, 0.2) is 42.9 Å². The molecule has 0 spiro atoms. The Morgan fingerprint density at radius 1 is 1.21 bits per heavy atom. The fraction of sp³-hybridized carbons (Fsp3) is 0.227. The quantitative estimate of drug-likeness (QED) is 0.571. The Kier molecular flexibility index (Phi) is 4.16. The minimum Gasteiger partial charge on any atom is -0.493 e. The molecule has 0 saturated heterocycles. The molecule has 0 amide bonds. The number of nitrogens with one attached hydrogen (secondary N) is 1. The number of halogens is 1. The first-order valence-corrected chi connectivity index (χ1v) is 9.52. The van der Waals surface area contributed by atoms with Gasteiger partial charge in [0.1, 0.15) is 17.4 Å². The summed E-state index contributed by atoms with van der Waals surface area (Å²) in [4.78, 5) is 8.93. The zero-order chi connectivity index (χ0) is 20.0. The zero-order valence-electron chi connectivity index (χ0n) is 16.2. The lowest BCUT2D eigenvalue weighted by molar-refractivity contribution is 0.356. The highest BCUT2D eigenvalue weighted by molar-refractivity contribution is 6.00. The number of pyridine rings is 2. The monoisotopic (exact) mass is 389 g/mol. The normalized spacial score (nSPS) is 12.8. The van der Waals surface area contributed by atoms with E-state index in [1.807, 2.05) is 43.2 Å². The second-order valence-electron chi connectivity index (χ2n) is 7.19. The molecule has 4 aromatic rings. The maximum atomic E-state index is 14.5. The first kappa shape index (κ1) is 17.6. The summed E-state index contributed by atoms with van der Waals surface area (Å²) < 4.78 is 21.9. The van der Waals surface area contributed by atoms with E-state index >= 15 is 0 Å². The van der Waals surface area contributed by atoms with Gasteiger partial charge in [-0.25, -0.2) is 9.37 Å². The van der Waals surface area contributed by atoms with Crippen molar-refractivity contribution in [2.45, 2.75) is 19.9 Å². The molecule has 0 radical (unpaired) electrons. The smallest absolute Gasteiger partial charge is 0.134 e. The lowest BCUT2D eigenvalue weighted by Crippen LogP contribution is -2.07. The number of hydrogen-bond acceptors (Lipinski definition) is 5. The molecule has 29 heavy (non-hydrogen) atoms. The summed E-state index contributed by atoms with van der Waals surface area (Å²) in [6, 6.07) is 7.11. The second kappa shape index (κ2) is 6.84. The lowest BCUT2D eigenvalue weighted by atomic mass is 10.0. The molecule has 7 heteroatoms. The van der Waals surface area contributed by atoms with Crippen molar-refractivity contribution in [3.63, 3.8) is 0 Å². The summed E-state index contributed by atoms with van der Waals surface area (Å²) in [6.07, 6.45) is 6.11. The molecule has 0 fully saturated rings. The van der Waals surface area contributed by atoms with Crippen LogP contribution in [0.2, 0.25) is 0 Å². The van der Waals surface area contributed by atoms with E-state index in [0.29, 0.717) is 24.5 Å². The summed E-state index contributed by atoms with van der Waals surface area (Å²) in [5, 5.41) is 9.65. The van der Waals surface area contributed by atoms with Crippen LogP contribution in [0.25, 0.3) is 22.0 Å². The first-order valence-electron chi connectivity index (χ1n) is 9.52. The number of rotatable bonds is 4. The molecule has 1 N–H and O–H groups in total. The highest BCUT2D eigenvalue weighted by atomic mass is 19.1. The molecule has 146 valence electrons. The molecule has 3 aromatic heterocycles. The van der Waals surface area contributed by atoms with E-state index in [4.69, 9.17) is 4.74 Å². The third-order valence-electron chi connectivity index (χ3n) is 5.34. The summed E-state index contributed by atoms with van der Waals surface area (Å²) in [5.74, 6) is 1.24. The number of ether oxygens (including phenoxy) is 1. The van der Waals surface area contributed by atoms with Gasteiger partial charge in [0.2, 0.25) is 0 Å². The standard InChI is InChI=1S/C22H20FN5O/c1-13-9-20(28(2)27-13)18-12-26-22(15-5-7-24-10-16(15)18)25-11-17-14-6-8-29-21(14)4-3-19(17)23/h3-5,7,9-10,12H,6,8,11H2,1-2H3,(H,25,26).